The summed E-state index contributed by atoms with van der Waals surface area (Å²) in [5.74, 6) is -0.637. The number of rotatable bonds is 6. The van der Waals surface area contributed by atoms with Gasteiger partial charge in [-0.2, -0.15) is 0 Å². The summed E-state index contributed by atoms with van der Waals surface area (Å²) in [5.41, 5.74) is 3.03. The Bertz CT molecular complexity index is 787. The molecule has 6 heteroatoms. The van der Waals surface area contributed by atoms with Gasteiger partial charge in [0.2, 0.25) is 5.91 Å². The fourth-order valence-electron chi connectivity index (χ4n) is 3.00. The van der Waals surface area contributed by atoms with Crippen LogP contribution in [-0.2, 0) is 20.7 Å². The topological polar surface area (TPSA) is 76.1 Å². The van der Waals surface area contributed by atoms with E-state index in [2.05, 4.69) is 6.07 Å². The number of amides is 1. The molecule has 0 bridgehead atoms. The van der Waals surface area contributed by atoms with E-state index < -0.39 is 12.6 Å². The Balaban J connectivity index is 1.64. The normalized spacial score (nSPS) is 15.8. The zero-order chi connectivity index (χ0) is 18.5. The fourth-order valence-corrected chi connectivity index (χ4v) is 3.00. The average Bonchev–Trinajstić information content (AvgIpc) is 2.66. The predicted octanol–water partition coefficient (Wildman–Crippen LogP) is 2.82. The lowest BCUT2D eigenvalue weighted by Crippen LogP contribution is -2.29. The number of anilines is 1. The molecule has 1 aliphatic heterocycles. The molecule has 2 aromatic rings. The number of carbonyl (C=O) groups is 2. The number of aliphatic carboxylic acids is 1. The van der Waals surface area contributed by atoms with E-state index in [0.29, 0.717) is 18.0 Å². The van der Waals surface area contributed by atoms with Crippen molar-refractivity contribution < 1.29 is 24.2 Å². The number of carboxylic acids is 1. The number of hydrogen-bond donors (Lipinski definition) is 1. The van der Waals surface area contributed by atoms with E-state index in [9.17, 15) is 9.59 Å². The van der Waals surface area contributed by atoms with Crippen molar-refractivity contribution in [2.75, 3.05) is 25.2 Å². The molecule has 1 atom stereocenters. The van der Waals surface area contributed by atoms with Crippen LogP contribution in [0.3, 0.4) is 0 Å². The molecule has 1 unspecified atom stereocenters. The van der Waals surface area contributed by atoms with E-state index in [-0.39, 0.29) is 18.4 Å². The van der Waals surface area contributed by atoms with Gasteiger partial charge in [0.1, 0.15) is 5.75 Å². The Kier molecular flexibility index (Phi) is 5.53. The van der Waals surface area contributed by atoms with E-state index in [1.807, 2.05) is 18.2 Å². The van der Waals surface area contributed by atoms with Gasteiger partial charge in [-0.15, -0.1) is 0 Å². The summed E-state index contributed by atoms with van der Waals surface area (Å²) in [5, 5.41) is 8.63. The summed E-state index contributed by atoms with van der Waals surface area (Å²) in [6, 6.07) is 14.8. The minimum Gasteiger partial charge on any atom is -0.482 e. The van der Waals surface area contributed by atoms with Gasteiger partial charge in [0.25, 0.3) is 0 Å². The zero-order valence-corrected chi connectivity index (χ0v) is 14.6. The molecule has 0 saturated heterocycles. The molecular weight excluding hydrogens is 334 g/mol. The molecule has 26 heavy (non-hydrogen) atoms. The molecule has 0 saturated carbocycles. The molecular formula is C20H21NO5. The predicted molar refractivity (Wildman–Crippen MR) is 96.4 cm³/mol. The lowest BCUT2D eigenvalue weighted by molar-refractivity contribution is -0.139. The summed E-state index contributed by atoms with van der Waals surface area (Å²) >= 11 is 0. The van der Waals surface area contributed by atoms with Crippen molar-refractivity contribution in [1.82, 2.24) is 0 Å². The van der Waals surface area contributed by atoms with Crippen LogP contribution in [0.2, 0.25) is 0 Å². The second-order valence-electron chi connectivity index (χ2n) is 6.14. The first-order chi connectivity index (χ1) is 12.5. The van der Waals surface area contributed by atoms with E-state index in [1.54, 1.807) is 36.2 Å². The van der Waals surface area contributed by atoms with E-state index >= 15 is 0 Å². The summed E-state index contributed by atoms with van der Waals surface area (Å²) in [7, 11) is 1.71. The first kappa shape index (κ1) is 17.9. The maximum atomic E-state index is 12.7. The molecule has 1 amide bonds. The molecule has 0 spiro atoms. The van der Waals surface area contributed by atoms with Crippen molar-refractivity contribution in [2.45, 2.75) is 18.9 Å². The number of fused-ring (bicyclic) bond motifs is 1. The van der Waals surface area contributed by atoms with Gasteiger partial charge in [-0.1, -0.05) is 24.3 Å². The highest BCUT2D eigenvalue weighted by atomic mass is 16.5. The fraction of sp³-hybridized carbons (Fsp3) is 0.300. The second kappa shape index (κ2) is 8.01. The summed E-state index contributed by atoms with van der Waals surface area (Å²) in [6.45, 7) is 0.223. The van der Waals surface area contributed by atoms with Gasteiger partial charge in [-0.25, -0.2) is 4.79 Å². The largest absolute Gasteiger partial charge is 0.482 e. The first-order valence-electron chi connectivity index (χ1n) is 8.45. The average molecular weight is 355 g/mol. The molecule has 0 aromatic heterocycles. The molecule has 1 aliphatic rings. The highest BCUT2D eigenvalue weighted by Crippen LogP contribution is 2.30. The van der Waals surface area contributed by atoms with Gasteiger partial charge >= 0.3 is 5.97 Å². The van der Waals surface area contributed by atoms with Gasteiger partial charge in [-0.05, 0) is 41.8 Å². The molecule has 2 aromatic carbocycles. The van der Waals surface area contributed by atoms with Crippen molar-refractivity contribution in [1.29, 1.82) is 0 Å². The monoisotopic (exact) mass is 355 g/mol. The van der Waals surface area contributed by atoms with E-state index in [4.69, 9.17) is 14.6 Å². The van der Waals surface area contributed by atoms with Crippen LogP contribution in [0.4, 0.5) is 5.69 Å². The molecule has 6 nitrogen and oxygen atoms in total. The van der Waals surface area contributed by atoms with Gasteiger partial charge < -0.3 is 19.5 Å². The van der Waals surface area contributed by atoms with Crippen LogP contribution in [0.15, 0.2) is 48.5 Å². The zero-order valence-electron chi connectivity index (χ0n) is 14.6. The van der Waals surface area contributed by atoms with Crippen LogP contribution in [0, 0.1) is 0 Å². The summed E-state index contributed by atoms with van der Waals surface area (Å²) < 4.78 is 10.9. The third-order valence-corrected chi connectivity index (χ3v) is 4.41. The van der Waals surface area contributed by atoms with Crippen molar-refractivity contribution in [3.8, 4) is 5.75 Å². The van der Waals surface area contributed by atoms with Gasteiger partial charge in [0, 0.05) is 12.7 Å². The highest BCUT2D eigenvalue weighted by Gasteiger charge is 2.25. The number of hydrogen-bond acceptors (Lipinski definition) is 4. The van der Waals surface area contributed by atoms with Crippen molar-refractivity contribution in [3.63, 3.8) is 0 Å². The second-order valence-corrected chi connectivity index (χ2v) is 6.14. The third kappa shape index (κ3) is 4.21. The lowest BCUT2D eigenvalue weighted by Gasteiger charge is -2.27. The Labute approximate surface area is 152 Å². The van der Waals surface area contributed by atoms with E-state index in [1.165, 1.54) is 5.56 Å². The van der Waals surface area contributed by atoms with Gasteiger partial charge in [0.05, 0.1) is 19.1 Å². The molecule has 0 aliphatic carbocycles. The standard InChI is InChI=1S/C20H21NO5/c1-21(15-6-8-16(9-7-15)26-13-20(23)24)19(22)12-18-17-5-3-2-4-14(17)10-11-25-18/h2-9,18H,10-13H2,1H3,(H,23,24). The maximum Gasteiger partial charge on any atom is 0.341 e. The number of carboxylic acid groups (broad SMARTS) is 1. The molecule has 3 rings (SSSR count). The molecule has 1 heterocycles. The quantitative estimate of drug-likeness (QED) is 0.862. The molecule has 136 valence electrons. The van der Waals surface area contributed by atoms with Gasteiger partial charge in [-0.3, -0.25) is 4.79 Å². The molecule has 0 radical (unpaired) electrons. The Morgan fingerprint density at radius 1 is 1.19 bits per heavy atom. The third-order valence-electron chi connectivity index (χ3n) is 4.41. The lowest BCUT2D eigenvalue weighted by atomic mass is 9.95. The SMILES string of the molecule is CN(C(=O)CC1OCCc2ccccc21)c1ccc(OCC(=O)O)cc1. The van der Waals surface area contributed by atoms with Crippen LogP contribution in [0.1, 0.15) is 23.7 Å². The Morgan fingerprint density at radius 3 is 2.65 bits per heavy atom. The van der Waals surface area contributed by atoms with E-state index in [0.717, 1.165) is 12.0 Å². The van der Waals surface area contributed by atoms with Crippen molar-refractivity contribution in [3.05, 3.63) is 59.7 Å². The van der Waals surface area contributed by atoms with Crippen LogP contribution in [0.5, 0.6) is 5.75 Å². The minimum absolute atomic E-state index is 0.0501. The number of carbonyl (C=O) groups excluding carboxylic acids is 1. The number of benzene rings is 2. The number of ether oxygens (including phenoxy) is 2. The first-order valence-corrected chi connectivity index (χ1v) is 8.45. The molecule has 0 fully saturated rings. The summed E-state index contributed by atoms with van der Waals surface area (Å²) in [6.07, 6.45) is 0.910. The molecule has 1 N–H and O–H groups in total. The van der Waals surface area contributed by atoms with Crippen LogP contribution in [0.25, 0.3) is 0 Å². The highest BCUT2D eigenvalue weighted by molar-refractivity contribution is 5.93. The number of nitrogens with zero attached hydrogens (tertiary/aromatic N) is 1. The van der Waals surface area contributed by atoms with Crippen LogP contribution in [-0.4, -0.2) is 37.2 Å². The maximum absolute atomic E-state index is 12.7. The van der Waals surface area contributed by atoms with Gasteiger partial charge in [0.15, 0.2) is 6.61 Å². The van der Waals surface area contributed by atoms with Crippen LogP contribution < -0.4 is 9.64 Å². The summed E-state index contributed by atoms with van der Waals surface area (Å²) in [4.78, 5) is 24.8. The van der Waals surface area contributed by atoms with Crippen molar-refractivity contribution >= 4 is 17.6 Å². The smallest absolute Gasteiger partial charge is 0.341 e. The van der Waals surface area contributed by atoms with Crippen molar-refractivity contribution in [2.24, 2.45) is 0 Å². The minimum atomic E-state index is -1.03. The Morgan fingerprint density at radius 2 is 1.92 bits per heavy atom. The van der Waals surface area contributed by atoms with Crippen LogP contribution >= 0.6 is 0 Å². The Hall–Kier alpha value is -2.86.